The topological polar surface area (TPSA) is 81.5 Å². The highest BCUT2D eigenvalue weighted by atomic mass is 16.5. The van der Waals surface area contributed by atoms with Gasteiger partial charge in [0.15, 0.2) is 6.29 Å². The van der Waals surface area contributed by atoms with Gasteiger partial charge in [-0.05, 0) is 37.1 Å². The second-order valence-corrected chi connectivity index (χ2v) is 4.50. The molecule has 2 rings (SSSR count). The van der Waals surface area contributed by atoms with Crippen molar-refractivity contribution >= 4 is 6.29 Å². The summed E-state index contributed by atoms with van der Waals surface area (Å²) in [5.74, 6) is 1.46. The fraction of sp³-hybridized carbons (Fsp3) is 0.312. The van der Waals surface area contributed by atoms with Gasteiger partial charge >= 0.3 is 0 Å². The highest BCUT2D eigenvalue weighted by Gasteiger charge is 1.99. The molecule has 0 aromatic carbocycles. The number of aliphatic hydroxyl groups is 1. The van der Waals surface area contributed by atoms with Crippen LogP contribution in [0.1, 0.15) is 27.3 Å². The van der Waals surface area contributed by atoms with E-state index < -0.39 is 0 Å². The van der Waals surface area contributed by atoms with Gasteiger partial charge in [-0.1, -0.05) is 0 Å². The number of ether oxygens (including phenoxy) is 2. The molecule has 0 fully saturated rings. The lowest BCUT2D eigenvalue weighted by Gasteiger charge is -2.03. The second kappa shape index (κ2) is 8.74. The van der Waals surface area contributed by atoms with Gasteiger partial charge in [-0.2, -0.15) is 0 Å². The smallest absolute Gasteiger partial charge is 0.168 e. The SMILES string of the molecule is COc1cnc(C=O)cc1C.COc1cnc(CO)cc1C. The first-order chi connectivity index (χ1) is 10.5. The number of carbonyl (C=O) groups is 1. The lowest BCUT2D eigenvalue weighted by molar-refractivity contribution is 0.111. The Labute approximate surface area is 129 Å². The highest BCUT2D eigenvalue weighted by Crippen LogP contribution is 2.16. The molecule has 0 saturated heterocycles. The van der Waals surface area contributed by atoms with Crippen LogP contribution < -0.4 is 9.47 Å². The van der Waals surface area contributed by atoms with Crippen molar-refractivity contribution < 1.29 is 19.4 Å². The van der Waals surface area contributed by atoms with Crippen molar-refractivity contribution in [2.24, 2.45) is 0 Å². The molecule has 1 N–H and O–H groups in total. The summed E-state index contributed by atoms with van der Waals surface area (Å²) in [6.45, 7) is 3.76. The van der Waals surface area contributed by atoms with E-state index in [4.69, 9.17) is 14.6 Å². The predicted molar refractivity (Wildman–Crippen MR) is 82.4 cm³/mol. The number of aliphatic hydroxyl groups excluding tert-OH is 1. The first-order valence-corrected chi connectivity index (χ1v) is 6.61. The Bertz CT molecular complexity index is 630. The summed E-state index contributed by atoms with van der Waals surface area (Å²) in [7, 11) is 3.17. The zero-order chi connectivity index (χ0) is 16.5. The summed E-state index contributed by atoms with van der Waals surface area (Å²) in [5.41, 5.74) is 3.02. The maximum absolute atomic E-state index is 10.3. The first-order valence-electron chi connectivity index (χ1n) is 6.61. The predicted octanol–water partition coefficient (Wildman–Crippen LogP) is 2.10. The number of aldehydes is 1. The Morgan fingerprint density at radius 2 is 1.59 bits per heavy atom. The van der Waals surface area contributed by atoms with Gasteiger partial charge in [0.2, 0.25) is 0 Å². The molecule has 2 aromatic heterocycles. The van der Waals surface area contributed by atoms with Gasteiger partial charge < -0.3 is 14.6 Å². The van der Waals surface area contributed by atoms with Crippen LogP contribution in [0.15, 0.2) is 24.5 Å². The Morgan fingerprint density at radius 3 is 2.00 bits per heavy atom. The van der Waals surface area contributed by atoms with Gasteiger partial charge in [-0.25, -0.2) is 4.98 Å². The fourth-order valence-electron chi connectivity index (χ4n) is 1.75. The Morgan fingerprint density at radius 1 is 1.05 bits per heavy atom. The average Bonchev–Trinajstić information content (AvgIpc) is 2.55. The molecule has 0 aliphatic heterocycles. The van der Waals surface area contributed by atoms with E-state index in [2.05, 4.69) is 9.97 Å². The summed E-state index contributed by atoms with van der Waals surface area (Å²) in [6.07, 6.45) is 3.87. The molecule has 6 nitrogen and oxygen atoms in total. The fourth-order valence-corrected chi connectivity index (χ4v) is 1.75. The summed E-state index contributed by atoms with van der Waals surface area (Å²) in [5, 5.41) is 8.72. The van der Waals surface area contributed by atoms with Gasteiger partial charge in [0.05, 0.1) is 38.9 Å². The molecule has 0 aliphatic carbocycles. The molecule has 22 heavy (non-hydrogen) atoms. The number of rotatable bonds is 4. The maximum Gasteiger partial charge on any atom is 0.168 e. The van der Waals surface area contributed by atoms with Crippen LogP contribution in [0, 0.1) is 13.8 Å². The third kappa shape index (κ3) is 4.82. The van der Waals surface area contributed by atoms with Gasteiger partial charge in [0, 0.05) is 0 Å². The third-order valence-electron chi connectivity index (χ3n) is 2.93. The molecule has 2 heterocycles. The standard InChI is InChI=1S/C8H11NO2.C8H9NO2/c2*1-6-3-7(5-10)9-4-8(6)11-2/h3-4,10H,5H2,1-2H3;3-5H,1-2H3. The minimum Gasteiger partial charge on any atom is -0.495 e. The van der Waals surface area contributed by atoms with Crippen molar-refractivity contribution in [3.8, 4) is 11.5 Å². The number of hydrogen-bond acceptors (Lipinski definition) is 6. The van der Waals surface area contributed by atoms with Crippen molar-refractivity contribution in [3.05, 3.63) is 47.0 Å². The third-order valence-corrected chi connectivity index (χ3v) is 2.93. The molecule has 0 amide bonds. The zero-order valence-electron chi connectivity index (χ0n) is 13.2. The van der Waals surface area contributed by atoms with Crippen molar-refractivity contribution in [2.75, 3.05) is 14.2 Å². The van der Waals surface area contributed by atoms with Gasteiger partial charge in [0.25, 0.3) is 0 Å². The van der Waals surface area contributed by atoms with Crippen molar-refractivity contribution in [2.45, 2.75) is 20.5 Å². The Hall–Kier alpha value is -2.47. The lowest BCUT2D eigenvalue weighted by Crippen LogP contribution is -1.93. The normalized spacial score (nSPS) is 9.50. The number of methoxy groups -OCH3 is 2. The number of hydrogen-bond donors (Lipinski definition) is 1. The zero-order valence-corrected chi connectivity index (χ0v) is 13.2. The van der Waals surface area contributed by atoms with Crippen LogP contribution in [-0.2, 0) is 6.61 Å². The molecule has 0 aliphatic rings. The van der Waals surface area contributed by atoms with Crippen molar-refractivity contribution in [3.63, 3.8) is 0 Å². The van der Waals surface area contributed by atoms with E-state index in [9.17, 15) is 4.79 Å². The first kappa shape index (κ1) is 17.6. The van der Waals surface area contributed by atoms with E-state index in [1.807, 2.05) is 13.8 Å². The van der Waals surface area contributed by atoms with Crippen LogP contribution in [-0.4, -0.2) is 35.6 Å². The summed E-state index contributed by atoms with van der Waals surface area (Å²) in [6, 6.07) is 3.49. The summed E-state index contributed by atoms with van der Waals surface area (Å²) < 4.78 is 9.97. The molecule has 0 radical (unpaired) electrons. The second-order valence-electron chi connectivity index (χ2n) is 4.50. The summed E-state index contributed by atoms with van der Waals surface area (Å²) in [4.78, 5) is 18.0. The van der Waals surface area contributed by atoms with Crippen molar-refractivity contribution in [1.29, 1.82) is 0 Å². The van der Waals surface area contributed by atoms with Crippen LogP contribution in [0.5, 0.6) is 11.5 Å². The molecule has 0 unspecified atom stereocenters. The van der Waals surface area contributed by atoms with E-state index in [1.54, 1.807) is 38.7 Å². The van der Waals surface area contributed by atoms with Crippen molar-refractivity contribution in [1.82, 2.24) is 9.97 Å². The largest absolute Gasteiger partial charge is 0.495 e. The number of carbonyl (C=O) groups excluding carboxylic acids is 1. The summed E-state index contributed by atoms with van der Waals surface area (Å²) >= 11 is 0. The van der Waals surface area contributed by atoms with E-state index >= 15 is 0 Å². The maximum atomic E-state index is 10.3. The number of nitrogens with zero attached hydrogens (tertiary/aromatic N) is 2. The molecular weight excluding hydrogens is 284 g/mol. The highest BCUT2D eigenvalue weighted by molar-refractivity contribution is 5.72. The molecule has 0 bridgehead atoms. The molecule has 0 spiro atoms. The van der Waals surface area contributed by atoms with Gasteiger partial charge in [-0.15, -0.1) is 0 Å². The number of pyridine rings is 2. The van der Waals surface area contributed by atoms with Crippen LogP contribution in [0.25, 0.3) is 0 Å². The van der Waals surface area contributed by atoms with Crippen LogP contribution >= 0.6 is 0 Å². The number of aryl methyl sites for hydroxylation is 2. The lowest BCUT2D eigenvalue weighted by atomic mass is 10.2. The molecule has 2 aromatic rings. The Kier molecular flexibility index (Phi) is 6.98. The van der Waals surface area contributed by atoms with Crippen LogP contribution in [0.4, 0.5) is 0 Å². The van der Waals surface area contributed by atoms with Crippen LogP contribution in [0.3, 0.4) is 0 Å². The van der Waals surface area contributed by atoms with Crippen LogP contribution in [0.2, 0.25) is 0 Å². The quantitative estimate of drug-likeness (QED) is 0.871. The Balaban J connectivity index is 0.000000220. The van der Waals surface area contributed by atoms with Gasteiger partial charge in [0.1, 0.15) is 17.2 Å². The minimum absolute atomic E-state index is 0.0230. The van der Waals surface area contributed by atoms with E-state index in [0.717, 1.165) is 16.9 Å². The average molecular weight is 304 g/mol. The minimum atomic E-state index is -0.0230. The van der Waals surface area contributed by atoms with E-state index in [0.29, 0.717) is 23.4 Å². The molecule has 118 valence electrons. The van der Waals surface area contributed by atoms with Gasteiger partial charge in [-0.3, -0.25) is 9.78 Å². The molecule has 0 saturated carbocycles. The van der Waals surface area contributed by atoms with E-state index in [1.165, 1.54) is 0 Å². The number of aromatic nitrogens is 2. The monoisotopic (exact) mass is 304 g/mol. The molecule has 6 heteroatoms. The molecule has 0 atom stereocenters. The van der Waals surface area contributed by atoms with E-state index in [-0.39, 0.29) is 6.61 Å². The molecular formula is C16H20N2O4.